The van der Waals surface area contributed by atoms with Crippen molar-refractivity contribution in [2.75, 3.05) is 37.6 Å². The molecule has 202 valence electrons. The highest BCUT2D eigenvalue weighted by molar-refractivity contribution is 5.85. The van der Waals surface area contributed by atoms with Gasteiger partial charge >= 0.3 is 0 Å². The number of carbonyl (C=O) groups excluding carboxylic acids is 1. The number of hydrogen-bond donors (Lipinski definition) is 0. The van der Waals surface area contributed by atoms with Gasteiger partial charge in [-0.2, -0.15) is 0 Å². The van der Waals surface area contributed by atoms with Gasteiger partial charge in [-0.1, -0.05) is 25.7 Å². The fourth-order valence-electron chi connectivity index (χ4n) is 6.42. The molecule has 3 aliphatic heterocycles. The fourth-order valence-corrected chi connectivity index (χ4v) is 6.42. The lowest BCUT2D eigenvalue weighted by atomic mass is 9.88. The van der Waals surface area contributed by atoms with E-state index in [1.165, 1.54) is 50.3 Å². The van der Waals surface area contributed by atoms with Crippen LogP contribution in [0.4, 0.5) is 20.2 Å². The van der Waals surface area contributed by atoms with Gasteiger partial charge < -0.3 is 14.7 Å². The van der Waals surface area contributed by atoms with Gasteiger partial charge in [0, 0.05) is 55.9 Å². The van der Waals surface area contributed by atoms with E-state index in [1.807, 2.05) is 18.2 Å². The number of benzene rings is 2. The topological polar surface area (TPSA) is 26.8 Å². The molecule has 3 aliphatic rings. The summed E-state index contributed by atoms with van der Waals surface area (Å²) in [6.45, 7) is 4.97. The molecule has 3 heterocycles. The standard InChI is InChI=1S/C30H39F2N3O.ClH/c31-23-10-13-25(14-11-23)35-28-15-12-24(32)21-26(28)27-22-33(20-16-29(27)35)17-6-3-1-2-4-7-18-34-19-8-5-9-30(34)36;/h10-15,21,27,29H,1-9,16-20,22H2;1H. The van der Waals surface area contributed by atoms with E-state index in [-0.39, 0.29) is 36.0 Å². The van der Waals surface area contributed by atoms with Gasteiger partial charge in [-0.05, 0) is 86.7 Å². The molecule has 0 aliphatic carbocycles. The Kier molecular flexibility index (Phi) is 9.83. The van der Waals surface area contributed by atoms with Crippen LogP contribution in [0.25, 0.3) is 0 Å². The lowest BCUT2D eigenvalue weighted by molar-refractivity contribution is -0.133. The highest BCUT2D eigenvalue weighted by atomic mass is 35.5. The van der Waals surface area contributed by atoms with Gasteiger partial charge in [0.05, 0.1) is 0 Å². The van der Waals surface area contributed by atoms with Crippen molar-refractivity contribution in [3.63, 3.8) is 0 Å². The van der Waals surface area contributed by atoms with Gasteiger partial charge in [0.15, 0.2) is 0 Å². The van der Waals surface area contributed by atoms with E-state index in [0.717, 1.165) is 81.8 Å². The van der Waals surface area contributed by atoms with Crippen LogP contribution in [0.1, 0.15) is 75.7 Å². The first-order valence-corrected chi connectivity index (χ1v) is 13.9. The maximum Gasteiger partial charge on any atom is 0.222 e. The molecule has 37 heavy (non-hydrogen) atoms. The van der Waals surface area contributed by atoms with Crippen LogP contribution in [0.5, 0.6) is 0 Å². The van der Waals surface area contributed by atoms with E-state index in [1.54, 1.807) is 6.07 Å². The summed E-state index contributed by atoms with van der Waals surface area (Å²) in [6.07, 6.45) is 11.2. The number of likely N-dealkylation sites (tertiary alicyclic amines) is 2. The molecule has 2 unspecified atom stereocenters. The maximum absolute atomic E-state index is 14.2. The number of anilines is 2. The van der Waals surface area contributed by atoms with E-state index in [0.29, 0.717) is 5.91 Å². The monoisotopic (exact) mass is 531 g/mol. The van der Waals surface area contributed by atoms with Crippen molar-refractivity contribution in [3.05, 3.63) is 59.7 Å². The Morgan fingerprint density at radius 2 is 1.51 bits per heavy atom. The zero-order chi connectivity index (χ0) is 24.9. The van der Waals surface area contributed by atoms with E-state index >= 15 is 0 Å². The number of amides is 1. The molecule has 0 spiro atoms. The molecule has 0 N–H and O–H groups in total. The van der Waals surface area contributed by atoms with E-state index in [2.05, 4.69) is 14.7 Å². The number of halogens is 3. The van der Waals surface area contributed by atoms with Crippen LogP contribution < -0.4 is 4.90 Å². The van der Waals surface area contributed by atoms with E-state index in [4.69, 9.17) is 0 Å². The minimum atomic E-state index is -0.235. The number of piperidine rings is 2. The van der Waals surface area contributed by atoms with Crippen LogP contribution in [0.15, 0.2) is 42.5 Å². The number of unbranched alkanes of at least 4 members (excludes halogenated alkanes) is 5. The molecule has 0 radical (unpaired) electrons. The normalized spacial score (nSPS) is 21.5. The molecular formula is C30H40ClF2N3O. The summed E-state index contributed by atoms with van der Waals surface area (Å²) < 4.78 is 27.7. The summed E-state index contributed by atoms with van der Waals surface area (Å²) in [5, 5.41) is 0. The lowest BCUT2D eigenvalue weighted by Crippen LogP contribution is -2.45. The van der Waals surface area contributed by atoms with Gasteiger partial charge in [-0.3, -0.25) is 4.79 Å². The molecule has 5 rings (SSSR count). The molecule has 7 heteroatoms. The average molecular weight is 532 g/mol. The average Bonchev–Trinajstić information content (AvgIpc) is 3.20. The number of fused-ring (bicyclic) bond motifs is 3. The minimum absolute atomic E-state index is 0. The second kappa shape index (κ2) is 13.1. The van der Waals surface area contributed by atoms with Crippen LogP contribution in [0, 0.1) is 11.6 Å². The number of rotatable bonds is 10. The highest BCUT2D eigenvalue weighted by Gasteiger charge is 2.42. The van der Waals surface area contributed by atoms with Crippen molar-refractivity contribution >= 4 is 29.7 Å². The molecule has 4 nitrogen and oxygen atoms in total. The Morgan fingerprint density at radius 1 is 0.811 bits per heavy atom. The molecule has 0 aromatic heterocycles. The predicted octanol–water partition coefficient (Wildman–Crippen LogP) is 7.05. The summed E-state index contributed by atoms with van der Waals surface area (Å²) in [5.74, 6) is 0.196. The zero-order valence-corrected chi connectivity index (χ0v) is 22.5. The highest BCUT2D eigenvalue weighted by Crippen LogP contribution is 2.48. The second-order valence-electron chi connectivity index (χ2n) is 10.8. The first kappa shape index (κ1) is 27.8. The molecular weight excluding hydrogens is 492 g/mol. The first-order chi connectivity index (χ1) is 17.6. The molecule has 0 bridgehead atoms. The zero-order valence-electron chi connectivity index (χ0n) is 21.7. The summed E-state index contributed by atoms with van der Waals surface area (Å²) in [7, 11) is 0. The van der Waals surface area contributed by atoms with Gasteiger partial charge in [0.25, 0.3) is 0 Å². The fraction of sp³-hybridized carbons (Fsp3) is 0.567. The van der Waals surface area contributed by atoms with Crippen LogP contribution in [0.2, 0.25) is 0 Å². The Labute approximate surface area is 226 Å². The Hall–Kier alpha value is -2.18. The summed E-state index contributed by atoms with van der Waals surface area (Å²) in [4.78, 5) is 18.8. The SMILES string of the molecule is Cl.O=C1CCCCN1CCCCCCCCN1CCC2C(C1)c1cc(F)ccc1N2c1ccc(F)cc1. The summed E-state index contributed by atoms with van der Waals surface area (Å²) in [5.41, 5.74) is 3.13. The van der Waals surface area contributed by atoms with Gasteiger partial charge in [-0.25, -0.2) is 8.78 Å². The number of carbonyl (C=O) groups is 1. The molecule has 0 saturated carbocycles. The van der Waals surface area contributed by atoms with Crippen molar-refractivity contribution in [2.45, 2.75) is 76.2 Å². The quantitative estimate of drug-likeness (QED) is 0.307. The smallest absolute Gasteiger partial charge is 0.222 e. The minimum Gasteiger partial charge on any atom is -0.343 e. The summed E-state index contributed by atoms with van der Waals surface area (Å²) >= 11 is 0. The van der Waals surface area contributed by atoms with Gasteiger partial charge in [-0.15, -0.1) is 12.4 Å². The Balaban J connectivity index is 0.00000320. The van der Waals surface area contributed by atoms with Crippen LogP contribution >= 0.6 is 12.4 Å². The predicted molar refractivity (Wildman–Crippen MR) is 148 cm³/mol. The molecule has 1 amide bonds. The van der Waals surface area contributed by atoms with Crippen LogP contribution in [-0.4, -0.2) is 54.5 Å². The third-order valence-corrected chi connectivity index (χ3v) is 8.32. The first-order valence-electron chi connectivity index (χ1n) is 13.9. The van der Waals surface area contributed by atoms with Crippen molar-refractivity contribution in [1.82, 2.24) is 9.80 Å². The van der Waals surface area contributed by atoms with Gasteiger partial charge in [0.1, 0.15) is 11.6 Å². The van der Waals surface area contributed by atoms with Crippen molar-refractivity contribution < 1.29 is 13.6 Å². The van der Waals surface area contributed by atoms with E-state index < -0.39 is 0 Å². The maximum atomic E-state index is 14.2. The third kappa shape index (κ3) is 6.64. The molecule has 2 aromatic carbocycles. The second-order valence-corrected chi connectivity index (χ2v) is 10.8. The summed E-state index contributed by atoms with van der Waals surface area (Å²) in [6, 6.07) is 12.1. The Morgan fingerprint density at radius 3 is 2.27 bits per heavy atom. The van der Waals surface area contributed by atoms with Crippen molar-refractivity contribution in [1.29, 1.82) is 0 Å². The number of hydrogen-bond acceptors (Lipinski definition) is 3. The third-order valence-electron chi connectivity index (χ3n) is 8.32. The molecule has 2 aromatic rings. The van der Waals surface area contributed by atoms with Gasteiger partial charge in [0.2, 0.25) is 5.91 Å². The molecule has 2 atom stereocenters. The van der Waals surface area contributed by atoms with Crippen molar-refractivity contribution in [3.8, 4) is 0 Å². The Bertz CT molecular complexity index is 1030. The largest absolute Gasteiger partial charge is 0.343 e. The van der Waals surface area contributed by atoms with Crippen LogP contribution in [0.3, 0.4) is 0 Å². The molecule has 2 fully saturated rings. The van der Waals surface area contributed by atoms with Crippen LogP contribution in [-0.2, 0) is 4.79 Å². The van der Waals surface area contributed by atoms with E-state index in [9.17, 15) is 13.6 Å². The molecule has 2 saturated heterocycles. The van der Waals surface area contributed by atoms with Crippen molar-refractivity contribution in [2.24, 2.45) is 0 Å². The lowest BCUT2D eigenvalue weighted by Gasteiger charge is -2.39. The number of nitrogens with zero attached hydrogens (tertiary/aromatic N) is 3.